The molecular weight excluding hydrogens is 566 g/mol. The molecule has 1 aromatic carbocycles. The first-order valence-electron chi connectivity index (χ1n) is 15.2. The van der Waals surface area contributed by atoms with Crippen molar-refractivity contribution in [2.24, 2.45) is 13.0 Å². The summed E-state index contributed by atoms with van der Waals surface area (Å²) in [5.74, 6) is -3.15. The molecule has 0 radical (unpaired) electrons. The predicted octanol–water partition coefficient (Wildman–Crippen LogP) is 4.65. The SMILES string of the molecule is C=C(c1ccc(NC(=O)c2ncc(-c3cn(C(C)C)nc3C(C)(F)F)n2C)cc1C)N1CCN(C(=O)C2CCNCC2)CC1. The van der Waals surface area contributed by atoms with Crippen LogP contribution in [-0.2, 0) is 17.8 Å². The predicted molar refractivity (Wildman–Crippen MR) is 166 cm³/mol. The van der Waals surface area contributed by atoms with E-state index in [1.54, 1.807) is 13.2 Å². The molecule has 0 unspecified atom stereocenters. The van der Waals surface area contributed by atoms with Crippen LogP contribution in [0.5, 0.6) is 0 Å². The zero-order valence-corrected chi connectivity index (χ0v) is 26.2. The van der Waals surface area contributed by atoms with Crippen LogP contribution < -0.4 is 10.6 Å². The van der Waals surface area contributed by atoms with E-state index in [2.05, 4.69) is 32.2 Å². The van der Waals surface area contributed by atoms with Gasteiger partial charge in [0.25, 0.3) is 11.8 Å². The van der Waals surface area contributed by atoms with E-state index in [9.17, 15) is 18.4 Å². The monoisotopic (exact) mass is 608 g/mol. The Balaban J connectivity index is 1.24. The minimum Gasteiger partial charge on any atom is -0.368 e. The number of aromatic nitrogens is 4. The van der Waals surface area contributed by atoms with Gasteiger partial charge < -0.3 is 25.0 Å². The molecule has 4 heterocycles. The summed E-state index contributed by atoms with van der Waals surface area (Å²) in [4.78, 5) is 34.6. The van der Waals surface area contributed by atoms with E-state index in [1.807, 2.05) is 43.9 Å². The number of piperidine rings is 1. The van der Waals surface area contributed by atoms with Crippen LogP contribution in [0.1, 0.15) is 67.1 Å². The fourth-order valence-corrected chi connectivity index (χ4v) is 5.98. The third kappa shape index (κ3) is 6.40. The Hall–Kier alpha value is -4.06. The number of nitrogens with one attached hydrogen (secondary N) is 2. The molecule has 0 atom stereocenters. The van der Waals surface area contributed by atoms with Crippen molar-refractivity contribution in [3.8, 4) is 11.3 Å². The number of imidazole rings is 1. The second-order valence-corrected chi connectivity index (χ2v) is 12.1. The van der Waals surface area contributed by atoms with E-state index in [-0.39, 0.29) is 34.9 Å². The van der Waals surface area contributed by atoms with Crippen LogP contribution in [0.15, 0.2) is 37.2 Å². The molecule has 0 aliphatic carbocycles. The molecule has 12 heteroatoms. The lowest BCUT2D eigenvalue weighted by Gasteiger charge is -2.39. The topological polar surface area (TPSA) is 100 Å². The molecule has 0 bridgehead atoms. The average Bonchev–Trinajstić information content (AvgIpc) is 3.61. The zero-order chi connectivity index (χ0) is 31.8. The van der Waals surface area contributed by atoms with Crippen molar-refractivity contribution < 1.29 is 18.4 Å². The first-order chi connectivity index (χ1) is 20.8. The molecule has 44 heavy (non-hydrogen) atoms. The van der Waals surface area contributed by atoms with Crippen molar-refractivity contribution in [1.82, 2.24) is 34.4 Å². The van der Waals surface area contributed by atoms with Crippen molar-refractivity contribution in [2.45, 2.75) is 52.5 Å². The highest BCUT2D eigenvalue weighted by Crippen LogP contribution is 2.35. The fraction of sp³-hybridized carbons (Fsp3) is 0.500. The summed E-state index contributed by atoms with van der Waals surface area (Å²) in [6, 6.07) is 5.51. The number of halogens is 2. The highest BCUT2D eigenvalue weighted by atomic mass is 19.3. The normalized spacial score (nSPS) is 16.5. The number of carbonyl (C=O) groups excluding carboxylic acids is 2. The van der Waals surface area contributed by atoms with Gasteiger partial charge in [0.05, 0.1) is 11.9 Å². The second-order valence-electron chi connectivity index (χ2n) is 12.1. The number of amides is 2. The van der Waals surface area contributed by atoms with Gasteiger partial charge in [-0.1, -0.05) is 12.6 Å². The lowest BCUT2D eigenvalue weighted by molar-refractivity contribution is -0.137. The Bertz CT molecular complexity index is 1540. The van der Waals surface area contributed by atoms with Gasteiger partial charge in [0, 0.05) is 80.8 Å². The zero-order valence-electron chi connectivity index (χ0n) is 26.2. The van der Waals surface area contributed by atoms with Crippen LogP contribution in [0.3, 0.4) is 0 Å². The summed E-state index contributed by atoms with van der Waals surface area (Å²) in [6.07, 6.45) is 4.79. The maximum absolute atomic E-state index is 14.4. The number of benzene rings is 1. The molecule has 5 rings (SSSR count). The number of carbonyl (C=O) groups is 2. The maximum Gasteiger partial charge on any atom is 0.291 e. The molecule has 2 aromatic heterocycles. The van der Waals surface area contributed by atoms with Gasteiger partial charge in [0.15, 0.2) is 5.82 Å². The van der Waals surface area contributed by atoms with Crippen LogP contribution in [0.25, 0.3) is 17.0 Å². The van der Waals surface area contributed by atoms with Gasteiger partial charge in [0.1, 0.15) is 5.69 Å². The quantitative estimate of drug-likeness (QED) is 0.386. The maximum atomic E-state index is 14.4. The van der Waals surface area contributed by atoms with E-state index in [0.717, 1.165) is 62.8 Å². The van der Waals surface area contributed by atoms with Crippen molar-refractivity contribution in [3.05, 3.63) is 59.8 Å². The van der Waals surface area contributed by atoms with Gasteiger partial charge in [-0.3, -0.25) is 14.3 Å². The van der Waals surface area contributed by atoms with Crippen LogP contribution in [0, 0.1) is 12.8 Å². The number of piperazine rings is 1. The van der Waals surface area contributed by atoms with Crippen molar-refractivity contribution in [3.63, 3.8) is 0 Å². The van der Waals surface area contributed by atoms with E-state index < -0.39 is 11.8 Å². The highest BCUT2D eigenvalue weighted by molar-refractivity contribution is 6.02. The van der Waals surface area contributed by atoms with Gasteiger partial charge in [-0.2, -0.15) is 13.9 Å². The van der Waals surface area contributed by atoms with E-state index in [0.29, 0.717) is 24.5 Å². The Kier molecular flexibility index (Phi) is 8.92. The minimum atomic E-state index is -3.16. The molecule has 236 valence electrons. The molecule has 2 fully saturated rings. The summed E-state index contributed by atoms with van der Waals surface area (Å²) in [5.41, 5.74) is 3.62. The van der Waals surface area contributed by atoms with Crippen molar-refractivity contribution in [1.29, 1.82) is 0 Å². The van der Waals surface area contributed by atoms with Gasteiger partial charge in [-0.25, -0.2) is 4.98 Å². The molecule has 3 aromatic rings. The van der Waals surface area contributed by atoms with Gasteiger partial charge in [-0.15, -0.1) is 0 Å². The molecule has 2 saturated heterocycles. The summed E-state index contributed by atoms with van der Waals surface area (Å²) in [6.45, 7) is 15.4. The molecule has 2 aliphatic rings. The lowest BCUT2D eigenvalue weighted by Crippen LogP contribution is -2.50. The molecule has 2 N–H and O–H groups in total. The molecule has 2 aliphatic heterocycles. The first-order valence-corrected chi connectivity index (χ1v) is 15.2. The molecule has 2 amide bonds. The van der Waals surface area contributed by atoms with E-state index >= 15 is 0 Å². The number of rotatable bonds is 8. The van der Waals surface area contributed by atoms with Crippen LogP contribution >= 0.6 is 0 Å². The van der Waals surface area contributed by atoms with Gasteiger partial charge >= 0.3 is 0 Å². The third-order valence-corrected chi connectivity index (χ3v) is 8.60. The van der Waals surface area contributed by atoms with Crippen LogP contribution in [0.2, 0.25) is 0 Å². The molecule has 10 nitrogen and oxygen atoms in total. The summed E-state index contributed by atoms with van der Waals surface area (Å²) in [7, 11) is 1.62. The number of nitrogens with zero attached hydrogens (tertiary/aromatic N) is 6. The fourth-order valence-electron chi connectivity index (χ4n) is 5.98. The van der Waals surface area contributed by atoms with Crippen molar-refractivity contribution >= 4 is 23.2 Å². The summed E-state index contributed by atoms with van der Waals surface area (Å²) >= 11 is 0. The Morgan fingerprint density at radius 2 is 1.77 bits per heavy atom. The van der Waals surface area contributed by atoms with E-state index in [4.69, 9.17) is 0 Å². The van der Waals surface area contributed by atoms with Gasteiger partial charge in [0.2, 0.25) is 5.91 Å². The smallest absolute Gasteiger partial charge is 0.291 e. The average molecular weight is 609 g/mol. The lowest BCUT2D eigenvalue weighted by atomic mass is 9.96. The highest BCUT2D eigenvalue weighted by Gasteiger charge is 2.34. The number of hydrogen-bond acceptors (Lipinski definition) is 6. The van der Waals surface area contributed by atoms with Crippen LogP contribution in [-0.4, -0.2) is 80.2 Å². The Morgan fingerprint density at radius 3 is 2.39 bits per heavy atom. The standard InChI is InChI=1S/C32H42F2N8O2/c1-20(2)42-19-26(28(38-42)32(5,33)34)27-18-36-29(39(27)6)30(43)37-24-7-8-25(21(3)17-24)22(4)40-13-15-41(16-14-40)31(44)23-9-11-35-12-10-23/h7-8,17-20,23,35H,4,9-16H2,1-3,5-6H3,(H,37,43). The number of aryl methyl sites for hydroxylation is 1. The number of anilines is 1. The van der Waals surface area contributed by atoms with Gasteiger partial charge in [-0.05, 0) is 64.4 Å². The van der Waals surface area contributed by atoms with E-state index in [1.165, 1.54) is 15.4 Å². The number of hydrogen-bond donors (Lipinski definition) is 2. The van der Waals surface area contributed by atoms with Crippen LogP contribution in [0.4, 0.5) is 14.5 Å². The summed E-state index contributed by atoms with van der Waals surface area (Å²) in [5, 5.41) is 10.3. The molecule has 0 saturated carbocycles. The number of alkyl halides is 2. The summed E-state index contributed by atoms with van der Waals surface area (Å²) < 4.78 is 31.8. The molecular formula is C32H42F2N8O2. The third-order valence-electron chi connectivity index (χ3n) is 8.60. The minimum absolute atomic E-state index is 0.0886. The Labute approximate surface area is 257 Å². The van der Waals surface area contributed by atoms with Crippen molar-refractivity contribution in [2.75, 3.05) is 44.6 Å². The molecule has 0 spiro atoms. The largest absolute Gasteiger partial charge is 0.368 e. The Morgan fingerprint density at radius 1 is 1.11 bits per heavy atom. The first kappa shape index (κ1) is 31.4. The second kappa shape index (κ2) is 12.5.